The van der Waals surface area contributed by atoms with E-state index in [4.69, 9.17) is 0 Å². The molecule has 1 fully saturated rings. The van der Waals surface area contributed by atoms with Gasteiger partial charge in [-0.15, -0.1) is 0 Å². The summed E-state index contributed by atoms with van der Waals surface area (Å²) in [6.45, 7) is 7.22. The molecule has 0 unspecified atom stereocenters. The molecule has 9 nitrogen and oxygen atoms in total. The van der Waals surface area contributed by atoms with Gasteiger partial charge in [0.25, 0.3) is 5.91 Å². The Balaban J connectivity index is 1.68. The number of rotatable bonds is 10. The lowest BCUT2D eigenvalue weighted by atomic mass is 10.00. The number of aliphatic hydroxyl groups excluding tert-OH is 1. The quantitative estimate of drug-likeness (QED) is 0.383. The van der Waals surface area contributed by atoms with Crippen molar-refractivity contribution >= 4 is 32.5 Å². The Hall–Kier alpha value is -2.95. The van der Waals surface area contributed by atoms with Crippen LogP contribution in [-0.4, -0.2) is 66.2 Å². The topological polar surface area (TPSA) is 117 Å². The maximum atomic E-state index is 13.5. The van der Waals surface area contributed by atoms with Crippen molar-refractivity contribution in [1.29, 1.82) is 0 Å². The van der Waals surface area contributed by atoms with Gasteiger partial charge in [-0.1, -0.05) is 44.2 Å². The number of amides is 1. The Morgan fingerprint density at radius 1 is 1.19 bits per heavy atom. The zero-order valence-corrected chi connectivity index (χ0v) is 21.8. The molecule has 2 heterocycles. The zero-order valence-electron chi connectivity index (χ0n) is 21.0. The van der Waals surface area contributed by atoms with Crippen LogP contribution in [0.2, 0.25) is 0 Å². The number of hydrogen-bond donors (Lipinski definition) is 3. The normalized spacial score (nSPS) is 17.0. The SMILES string of the molecule is CCn1ncc2c(N3CCCS3(=O)=O)cc(C(=O)N[C@@H](Cc3ccccc3)[C@H](O)CNC(C)C)cc21. The van der Waals surface area contributed by atoms with Crippen LogP contribution in [0.25, 0.3) is 10.9 Å². The molecule has 3 N–H and O–H groups in total. The smallest absolute Gasteiger partial charge is 0.251 e. The number of anilines is 1. The fourth-order valence-electron chi connectivity index (χ4n) is 4.56. The van der Waals surface area contributed by atoms with Gasteiger partial charge in [-0.05, 0) is 37.5 Å². The largest absolute Gasteiger partial charge is 0.390 e. The molecule has 1 amide bonds. The van der Waals surface area contributed by atoms with Gasteiger partial charge in [0, 0.05) is 36.6 Å². The summed E-state index contributed by atoms with van der Waals surface area (Å²) in [5.74, 6) is -0.288. The van der Waals surface area contributed by atoms with E-state index in [1.54, 1.807) is 23.0 Å². The molecule has 0 saturated carbocycles. The average Bonchev–Trinajstić information content (AvgIpc) is 3.44. The Morgan fingerprint density at radius 2 is 1.94 bits per heavy atom. The van der Waals surface area contributed by atoms with Gasteiger partial charge in [0.1, 0.15) is 0 Å². The summed E-state index contributed by atoms with van der Waals surface area (Å²) in [6.07, 6.45) is 1.83. The number of aryl methyl sites for hydroxylation is 1. The highest BCUT2D eigenvalue weighted by molar-refractivity contribution is 7.93. The second-order valence-corrected chi connectivity index (χ2v) is 11.5. The standard InChI is InChI=1S/C26H35N5O4S/c1-4-30-23-14-20(15-24(21(23)16-28-30)31-11-8-12-36(31,34)35)26(33)29-22(25(32)17-27-18(2)3)13-19-9-6-5-7-10-19/h5-7,9-10,14-16,18,22,25,27,32H,4,8,11-13,17H2,1-3H3,(H,29,33)/t22-,25+/m0/s1. The van der Waals surface area contributed by atoms with E-state index in [1.165, 1.54) is 4.31 Å². The molecular formula is C26H35N5O4S. The van der Waals surface area contributed by atoms with Crippen LogP contribution in [0, 0.1) is 0 Å². The van der Waals surface area contributed by atoms with E-state index in [0.29, 0.717) is 54.6 Å². The van der Waals surface area contributed by atoms with Gasteiger partial charge in [-0.2, -0.15) is 5.10 Å². The molecule has 0 aliphatic carbocycles. The van der Waals surface area contributed by atoms with Crippen molar-refractivity contribution < 1.29 is 18.3 Å². The summed E-state index contributed by atoms with van der Waals surface area (Å²) in [6, 6.07) is 12.7. The van der Waals surface area contributed by atoms with Crippen molar-refractivity contribution in [3.05, 3.63) is 59.8 Å². The van der Waals surface area contributed by atoms with E-state index in [1.807, 2.05) is 51.1 Å². The van der Waals surface area contributed by atoms with Crippen LogP contribution in [-0.2, 0) is 23.0 Å². The summed E-state index contributed by atoms with van der Waals surface area (Å²) < 4.78 is 28.6. The molecule has 4 rings (SSSR count). The number of hydrogen-bond acceptors (Lipinski definition) is 6. The Kier molecular flexibility index (Phi) is 7.97. The van der Waals surface area contributed by atoms with Gasteiger partial charge in [0.05, 0.1) is 35.3 Å². The summed E-state index contributed by atoms with van der Waals surface area (Å²) in [7, 11) is -3.45. The monoisotopic (exact) mass is 513 g/mol. The molecule has 0 bridgehead atoms. The molecule has 1 aromatic heterocycles. The summed E-state index contributed by atoms with van der Waals surface area (Å²) in [5.41, 5.74) is 2.49. The predicted molar refractivity (Wildman–Crippen MR) is 142 cm³/mol. The Morgan fingerprint density at radius 3 is 2.58 bits per heavy atom. The van der Waals surface area contributed by atoms with Crippen LogP contribution in [0.15, 0.2) is 48.7 Å². The van der Waals surface area contributed by atoms with Gasteiger partial charge in [-0.3, -0.25) is 13.8 Å². The van der Waals surface area contributed by atoms with Crippen molar-refractivity contribution in [3.8, 4) is 0 Å². The zero-order chi connectivity index (χ0) is 25.9. The highest BCUT2D eigenvalue weighted by Gasteiger charge is 2.31. The lowest BCUT2D eigenvalue weighted by molar-refractivity contribution is 0.0827. The number of aliphatic hydroxyl groups is 1. The molecule has 0 radical (unpaired) electrons. The number of benzene rings is 2. The first-order valence-corrected chi connectivity index (χ1v) is 14.1. The second-order valence-electron chi connectivity index (χ2n) is 9.53. The molecule has 1 aliphatic rings. The summed E-state index contributed by atoms with van der Waals surface area (Å²) >= 11 is 0. The number of fused-ring (bicyclic) bond motifs is 1. The van der Waals surface area contributed by atoms with Gasteiger partial charge < -0.3 is 15.7 Å². The number of nitrogens with one attached hydrogen (secondary N) is 2. The van der Waals surface area contributed by atoms with E-state index in [9.17, 15) is 18.3 Å². The van der Waals surface area contributed by atoms with Gasteiger partial charge in [0.2, 0.25) is 10.0 Å². The number of sulfonamides is 1. The van der Waals surface area contributed by atoms with Crippen molar-refractivity contribution in [3.63, 3.8) is 0 Å². The van der Waals surface area contributed by atoms with Crippen LogP contribution in [0.1, 0.15) is 43.1 Å². The second kappa shape index (κ2) is 11.0. The van der Waals surface area contributed by atoms with Crippen molar-refractivity contribution in [2.45, 2.75) is 58.3 Å². The third-order valence-electron chi connectivity index (χ3n) is 6.48. The maximum Gasteiger partial charge on any atom is 0.251 e. The molecule has 10 heteroatoms. The third kappa shape index (κ3) is 5.71. The lowest BCUT2D eigenvalue weighted by Gasteiger charge is -2.26. The van der Waals surface area contributed by atoms with Crippen molar-refractivity contribution in [1.82, 2.24) is 20.4 Å². The Labute approximate surface area is 212 Å². The molecule has 2 atom stereocenters. The van der Waals surface area contributed by atoms with Crippen LogP contribution < -0.4 is 14.9 Å². The fraction of sp³-hybridized carbons (Fsp3) is 0.462. The number of aromatic nitrogens is 2. The Bertz CT molecular complexity index is 1310. The summed E-state index contributed by atoms with van der Waals surface area (Å²) in [5, 5.41) is 22.3. The van der Waals surface area contributed by atoms with Crippen LogP contribution >= 0.6 is 0 Å². The maximum absolute atomic E-state index is 13.5. The first kappa shape index (κ1) is 26.1. The number of carbonyl (C=O) groups is 1. The van der Waals surface area contributed by atoms with Crippen LogP contribution in [0.5, 0.6) is 0 Å². The van der Waals surface area contributed by atoms with Gasteiger partial charge in [-0.25, -0.2) is 8.42 Å². The molecule has 36 heavy (non-hydrogen) atoms. The third-order valence-corrected chi connectivity index (χ3v) is 8.34. The molecule has 1 saturated heterocycles. The van der Waals surface area contributed by atoms with Crippen molar-refractivity contribution in [2.24, 2.45) is 0 Å². The molecule has 0 spiro atoms. The highest BCUT2D eigenvalue weighted by Crippen LogP contribution is 2.33. The predicted octanol–water partition coefficient (Wildman–Crippen LogP) is 2.30. The fourth-order valence-corrected chi connectivity index (χ4v) is 6.13. The molecule has 1 aliphatic heterocycles. The molecular weight excluding hydrogens is 478 g/mol. The highest BCUT2D eigenvalue weighted by atomic mass is 32.2. The molecule has 194 valence electrons. The number of nitrogens with zero attached hydrogens (tertiary/aromatic N) is 3. The molecule has 2 aromatic carbocycles. The summed E-state index contributed by atoms with van der Waals surface area (Å²) in [4.78, 5) is 13.5. The first-order chi connectivity index (χ1) is 17.2. The average molecular weight is 514 g/mol. The molecule has 3 aromatic rings. The van der Waals surface area contributed by atoms with E-state index in [-0.39, 0.29) is 17.7 Å². The first-order valence-electron chi connectivity index (χ1n) is 12.5. The van der Waals surface area contributed by atoms with E-state index in [0.717, 1.165) is 5.56 Å². The minimum absolute atomic E-state index is 0.0844. The van der Waals surface area contributed by atoms with Crippen LogP contribution in [0.4, 0.5) is 5.69 Å². The van der Waals surface area contributed by atoms with Gasteiger partial charge in [0.15, 0.2) is 0 Å². The lowest BCUT2D eigenvalue weighted by Crippen LogP contribution is -2.49. The minimum atomic E-state index is -3.45. The van der Waals surface area contributed by atoms with Crippen LogP contribution in [0.3, 0.4) is 0 Å². The van der Waals surface area contributed by atoms with Crippen molar-refractivity contribution in [2.75, 3.05) is 23.1 Å². The van der Waals surface area contributed by atoms with E-state index < -0.39 is 22.2 Å². The van der Waals surface area contributed by atoms with E-state index >= 15 is 0 Å². The van der Waals surface area contributed by atoms with E-state index in [2.05, 4.69) is 15.7 Å². The minimum Gasteiger partial charge on any atom is -0.390 e. The van der Waals surface area contributed by atoms with Gasteiger partial charge >= 0.3 is 0 Å². The number of carbonyl (C=O) groups excluding carboxylic acids is 1.